The maximum atomic E-state index is 12.6. The molecule has 10 nitrogen and oxygen atoms in total. The summed E-state index contributed by atoms with van der Waals surface area (Å²) in [6.45, 7) is 1.62. The molecule has 0 atom stereocenters. The van der Waals surface area contributed by atoms with Gasteiger partial charge in [-0.2, -0.15) is 5.10 Å². The third-order valence-electron chi connectivity index (χ3n) is 4.20. The predicted molar refractivity (Wildman–Crippen MR) is 110 cm³/mol. The van der Waals surface area contributed by atoms with Gasteiger partial charge < -0.3 is 15.8 Å². The Hall–Kier alpha value is -3.86. The normalized spacial score (nSPS) is 11.0. The molecule has 0 aliphatic heterocycles. The number of carbonyl (C=O) groups is 2. The van der Waals surface area contributed by atoms with E-state index in [9.17, 15) is 18.0 Å². The van der Waals surface area contributed by atoms with Crippen LogP contribution in [-0.2, 0) is 10.0 Å². The van der Waals surface area contributed by atoms with Crippen molar-refractivity contribution in [1.82, 2.24) is 10.2 Å². The van der Waals surface area contributed by atoms with Crippen LogP contribution in [0.15, 0.2) is 53.4 Å². The van der Waals surface area contributed by atoms with E-state index in [0.29, 0.717) is 11.4 Å². The van der Waals surface area contributed by atoms with Gasteiger partial charge in [0, 0.05) is 5.56 Å². The first kappa shape index (κ1) is 20.9. The zero-order valence-electron chi connectivity index (χ0n) is 16.1. The maximum Gasteiger partial charge on any atom is 0.271 e. The largest absolute Gasteiger partial charge is 0.495 e. The van der Waals surface area contributed by atoms with E-state index >= 15 is 0 Å². The number of amides is 2. The number of hydrogen-bond acceptors (Lipinski definition) is 6. The molecular weight excluding hydrogens is 410 g/mol. The first-order chi connectivity index (χ1) is 14.2. The molecule has 0 bridgehead atoms. The van der Waals surface area contributed by atoms with Gasteiger partial charge in [-0.15, -0.1) is 0 Å². The summed E-state index contributed by atoms with van der Waals surface area (Å²) in [6.07, 6.45) is 0. The van der Waals surface area contributed by atoms with Crippen LogP contribution in [0.5, 0.6) is 5.75 Å². The number of methoxy groups -OCH3 is 1. The van der Waals surface area contributed by atoms with Gasteiger partial charge in [0.05, 0.1) is 29.1 Å². The number of hydrogen-bond donors (Lipinski definition) is 4. The number of nitrogens with zero attached hydrogens (tertiary/aromatic N) is 1. The van der Waals surface area contributed by atoms with E-state index in [4.69, 9.17) is 10.5 Å². The number of benzene rings is 2. The van der Waals surface area contributed by atoms with Gasteiger partial charge in [-0.25, -0.2) is 8.42 Å². The molecule has 3 aromatic rings. The Bertz CT molecular complexity index is 1200. The number of primary amides is 1. The van der Waals surface area contributed by atoms with E-state index in [-0.39, 0.29) is 27.5 Å². The number of aromatic nitrogens is 2. The Balaban J connectivity index is 1.80. The van der Waals surface area contributed by atoms with Crippen LogP contribution in [0.25, 0.3) is 0 Å². The first-order valence-corrected chi connectivity index (χ1v) is 10.1. The van der Waals surface area contributed by atoms with Gasteiger partial charge in [0.25, 0.3) is 21.8 Å². The maximum absolute atomic E-state index is 12.6. The Morgan fingerprint density at radius 3 is 2.40 bits per heavy atom. The number of para-hydroxylation sites is 2. The quantitative estimate of drug-likeness (QED) is 0.449. The SMILES string of the molecule is COc1ccccc1NS(=O)(=O)c1ccc(C(=O)Nc2c(C(N)=O)n[nH]c2C)cc1. The molecule has 0 spiro atoms. The molecule has 0 fully saturated rings. The number of aromatic amines is 1. The predicted octanol–water partition coefficient (Wildman–Crippen LogP) is 1.88. The zero-order chi connectivity index (χ0) is 21.9. The summed E-state index contributed by atoms with van der Waals surface area (Å²) in [5.74, 6) is -0.972. The number of nitrogens with one attached hydrogen (secondary N) is 3. The van der Waals surface area contributed by atoms with Crippen LogP contribution in [-0.4, -0.2) is 37.5 Å². The fourth-order valence-electron chi connectivity index (χ4n) is 2.66. The number of nitrogens with two attached hydrogens (primary N) is 1. The van der Waals surface area contributed by atoms with Crippen molar-refractivity contribution in [2.45, 2.75) is 11.8 Å². The van der Waals surface area contributed by atoms with Gasteiger partial charge in [-0.3, -0.25) is 19.4 Å². The molecular formula is C19H19N5O5S. The highest BCUT2D eigenvalue weighted by molar-refractivity contribution is 7.92. The Morgan fingerprint density at radius 1 is 1.10 bits per heavy atom. The number of aryl methyl sites for hydroxylation is 1. The van der Waals surface area contributed by atoms with Crippen molar-refractivity contribution in [1.29, 1.82) is 0 Å². The van der Waals surface area contributed by atoms with Gasteiger partial charge in [-0.05, 0) is 43.3 Å². The van der Waals surface area contributed by atoms with E-state index in [1.807, 2.05) is 0 Å². The molecule has 2 amide bonds. The van der Waals surface area contributed by atoms with Gasteiger partial charge in [0.2, 0.25) is 0 Å². The molecule has 2 aromatic carbocycles. The molecule has 30 heavy (non-hydrogen) atoms. The standard InChI is InChI=1S/C19H19N5O5S/c1-11-16(17(18(20)25)23-22-11)21-19(26)12-7-9-13(10-8-12)30(27,28)24-14-5-3-4-6-15(14)29-2/h3-10,24H,1-2H3,(H2,20,25)(H,21,26)(H,22,23). The van der Waals surface area contributed by atoms with Crippen LogP contribution in [0.4, 0.5) is 11.4 Å². The van der Waals surface area contributed by atoms with Gasteiger partial charge >= 0.3 is 0 Å². The monoisotopic (exact) mass is 429 g/mol. The van der Waals surface area contributed by atoms with E-state index in [1.54, 1.807) is 31.2 Å². The zero-order valence-corrected chi connectivity index (χ0v) is 16.9. The minimum atomic E-state index is -3.90. The fourth-order valence-corrected chi connectivity index (χ4v) is 3.73. The smallest absolute Gasteiger partial charge is 0.271 e. The highest BCUT2D eigenvalue weighted by atomic mass is 32.2. The lowest BCUT2D eigenvalue weighted by Crippen LogP contribution is -2.18. The average molecular weight is 429 g/mol. The van der Waals surface area contributed by atoms with Gasteiger partial charge in [-0.1, -0.05) is 12.1 Å². The summed E-state index contributed by atoms with van der Waals surface area (Å²) in [5.41, 5.74) is 6.24. The number of carbonyl (C=O) groups excluding carboxylic acids is 2. The Kier molecular flexibility index (Phi) is 5.74. The summed E-state index contributed by atoms with van der Waals surface area (Å²) in [6, 6.07) is 11.9. The highest BCUT2D eigenvalue weighted by Gasteiger charge is 2.20. The number of sulfonamides is 1. The molecule has 0 saturated heterocycles. The number of rotatable bonds is 7. The Labute approximate surface area is 172 Å². The molecule has 0 saturated carbocycles. The molecule has 156 valence electrons. The van der Waals surface area contributed by atoms with Crippen molar-refractivity contribution in [2.75, 3.05) is 17.1 Å². The molecule has 1 heterocycles. The molecule has 1 aromatic heterocycles. The molecule has 0 aliphatic rings. The second-order valence-corrected chi connectivity index (χ2v) is 7.90. The van der Waals surface area contributed by atoms with E-state index in [2.05, 4.69) is 20.2 Å². The van der Waals surface area contributed by atoms with Crippen molar-refractivity contribution < 1.29 is 22.7 Å². The number of ether oxygens (including phenoxy) is 1. The van der Waals surface area contributed by atoms with Crippen molar-refractivity contribution in [2.24, 2.45) is 5.73 Å². The third-order valence-corrected chi connectivity index (χ3v) is 5.58. The molecule has 11 heteroatoms. The van der Waals surface area contributed by atoms with Crippen molar-refractivity contribution in [3.05, 3.63) is 65.5 Å². The summed E-state index contributed by atoms with van der Waals surface area (Å²) < 4.78 is 32.9. The Morgan fingerprint density at radius 2 is 1.77 bits per heavy atom. The number of H-pyrrole nitrogens is 1. The highest BCUT2D eigenvalue weighted by Crippen LogP contribution is 2.26. The van der Waals surface area contributed by atoms with Crippen LogP contribution in [0, 0.1) is 6.92 Å². The van der Waals surface area contributed by atoms with Crippen LogP contribution in [0.2, 0.25) is 0 Å². The summed E-state index contributed by atoms with van der Waals surface area (Å²) >= 11 is 0. The van der Waals surface area contributed by atoms with Crippen LogP contribution >= 0.6 is 0 Å². The van der Waals surface area contributed by atoms with Crippen LogP contribution in [0.1, 0.15) is 26.5 Å². The molecule has 0 aliphatic carbocycles. The summed E-state index contributed by atoms with van der Waals surface area (Å²) in [7, 11) is -2.46. The second kappa shape index (κ2) is 8.25. The van der Waals surface area contributed by atoms with Crippen molar-refractivity contribution in [3.8, 4) is 5.75 Å². The fraction of sp³-hybridized carbons (Fsp3) is 0.105. The second-order valence-electron chi connectivity index (χ2n) is 6.22. The van der Waals surface area contributed by atoms with Crippen molar-refractivity contribution >= 4 is 33.2 Å². The van der Waals surface area contributed by atoms with E-state index in [1.165, 1.54) is 31.4 Å². The minimum absolute atomic E-state index is 0.0396. The van der Waals surface area contributed by atoms with Gasteiger partial charge in [0.1, 0.15) is 5.75 Å². The number of anilines is 2. The lowest BCUT2D eigenvalue weighted by molar-refractivity contribution is 0.0996. The lowest BCUT2D eigenvalue weighted by atomic mass is 10.2. The van der Waals surface area contributed by atoms with Crippen molar-refractivity contribution in [3.63, 3.8) is 0 Å². The van der Waals surface area contributed by atoms with Crippen LogP contribution < -0.4 is 20.5 Å². The van der Waals surface area contributed by atoms with Crippen LogP contribution in [0.3, 0.4) is 0 Å². The summed E-state index contributed by atoms with van der Waals surface area (Å²) in [5, 5.41) is 8.88. The van der Waals surface area contributed by atoms with Gasteiger partial charge in [0.15, 0.2) is 5.69 Å². The molecule has 3 rings (SSSR count). The molecule has 0 radical (unpaired) electrons. The van der Waals surface area contributed by atoms with E-state index < -0.39 is 21.8 Å². The average Bonchev–Trinajstić information content (AvgIpc) is 3.08. The molecule has 5 N–H and O–H groups in total. The topological polar surface area (TPSA) is 156 Å². The summed E-state index contributed by atoms with van der Waals surface area (Å²) in [4.78, 5) is 23.9. The lowest BCUT2D eigenvalue weighted by Gasteiger charge is -2.12. The first-order valence-electron chi connectivity index (χ1n) is 8.65. The minimum Gasteiger partial charge on any atom is -0.495 e. The molecule has 0 unspecified atom stereocenters. The van der Waals surface area contributed by atoms with E-state index in [0.717, 1.165) is 0 Å². The third kappa shape index (κ3) is 4.25.